The summed E-state index contributed by atoms with van der Waals surface area (Å²) in [5.74, 6) is 4.37. The van der Waals surface area contributed by atoms with E-state index in [9.17, 15) is 19.5 Å². The molecule has 3 aromatic rings. The maximum absolute atomic E-state index is 15.3. The molecule has 1 aliphatic heterocycles. The highest BCUT2D eigenvalue weighted by atomic mass is 19.1. The molecule has 1 atom stereocenters. The van der Waals surface area contributed by atoms with Crippen LogP contribution in [-0.4, -0.2) is 72.2 Å². The minimum Gasteiger partial charge on any atom is -0.465 e. The molecule has 232 valence electrons. The van der Waals surface area contributed by atoms with Gasteiger partial charge in [0.05, 0.1) is 29.0 Å². The fourth-order valence-corrected chi connectivity index (χ4v) is 6.14. The van der Waals surface area contributed by atoms with Gasteiger partial charge in [0, 0.05) is 31.2 Å². The molecule has 2 saturated carbocycles. The van der Waals surface area contributed by atoms with E-state index in [1.807, 2.05) is 4.57 Å². The lowest BCUT2D eigenvalue weighted by Crippen LogP contribution is -2.45. The fraction of sp³-hybridized carbons (Fsp3) is 0.516. The number of anilines is 1. The molecule has 12 nitrogen and oxygen atoms in total. The molecule has 3 aliphatic rings. The molecule has 13 heteroatoms. The Bertz CT molecular complexity index is 1700. The molecule has 3 fully saturated rings. The van der Waals surface area contributed by atoms with E-state index in [0.29, 0.717) is 36.3 Å². The summed E-state index contributed by atoms with van der Waals surface area (Å²) in [5.41, 5.74) is 6.35. The fourth-order valence-electron chi connectivity index (χ4n) is 6.14. The van der Waals surface area contributed by atoms with E-state index >= 15 is 4.39 Å². The maximum atomic E-state index is 15.3. The zero-order chi connectivity index (χ0) is 31.3. The molecular weight excluding hydrogens is 569 g/mol. The average Bonchev–Trinajstić information content (AvgIpc) is 3.36. The summed E-state index contributed by atoms with van der Waals surface area (Å²) in [7, 11) is 0. The lowest BCUT2D eigenvalue weighted by molar-refractivity contribution is 0.0562. The number of hydrogen-bond donors (Lipinski definition) is 2. The topological polar surface area (TPSA) is 149 Å². The zero-order valence-corrected chi connectivity index (χ0v) is 25.0. The van der Waals surface area contributed by atoms with Gasteiger partial charge in [-0.3, -0.25) is 9.69 Å². The Labute approximate surface area is 253 Å². The summed E-state index contributed by atoms with van der Waals surface area (Å²) in [6.45, 7) is 5.60. The average molecular weight is 606 g/mol. The van der Waals surface area contributed by atoms with Crippen molar-refractivity contribution in [2.45, 2.75) is 89.4 Å². The predicted octanol–water partition coefficient (Wildman–Crippen LogP) is 4.81. The number of likely N-dealkylation sites (tertiary alicyclic amines) is 1. The number of halogens is 1. The third-order valence-electron chi connectivity index (χ3n) is 8.34. The Kier molecular flexibility index (Phi) is 7.47. The summed E-state index contributed by atoms with van der Waals surface area (Å²) >= 11 is 0. The van der Waals surface area contributed by atoms with Crippen molar-refractivity contribution >= 4 is 34.9 Å². The van der Waals surface area contributed by atoms with Crippen LogP contribution < -0.4 is 10.6 Å². The van der Waals surface area contributed by atoms with Gasteiger partial charge in [-0.15, -0.1) is 0 Å². The van der Waals surface area contributed by atoms with Crippen molar-refractivity contribution in [1.82, 2.24) is 24.2 Å². The van der Waals surface area contributed by atoms with Crippen molar-refractivity contribution in [1.29, 1.82) is 0 Å². The van der Waals surface area contributed by atoms with Gasteiger partial charge in [0.1, 0.15) is 17.0 Å². The van der Waals surface area contributed by atoms with E-state index in [2.05, 4.69) is 21.9 Å². The number of rotatable bonds is 5. The molecule has 2 aromatic heterocycles. The van der Waals surface area contributed by atoms with Crippen LogP contribution in [0.5, 0.6) is 0 Å². The van der Waals surface area contributed by atoms with Crippen molar-refractivity contribution in [3.8, 4) is 11.8 Å². The molecule has 0 radical (unpaired) electrons. The first-order chi connectivity index (χ1) is 20.9. The lowest BCUT2D eigenvalue weighted by atomic mass is 10.1. The highest BCUT2D eigenvalue weighted by Gasteiger charge is 2.40. The summed E-state index contributed by atoms with van der Waals surface area (Å²) in [4.78, 5) is 45.8. The first-order valence-electron chi connectivity index (χ1n) is 15.0. The number of primary amides is 1. The van der Waals surface area contributed by atoms with Gasteiger partial charge in [0.25, 0.3) is 5.91 Å². The summed E-state index contributed by atoms with van der Waals surface area (Å²) in [6, 6.07) is 2.51. The minimum absolute atomic E-state index is 0.0316. The molecule has 44 heavy (non-hydrogen) atoms. The normalized spacial score (nSPS) is 18.8. The van der Waals surface area contributed by atoms with Crippen LogP contribution in [0, 0.1) is 17.7 Å². The van der Waals surface area contributed by atoms with Crippen LogP contribution in [0.15, 0.2) is 18.5 Å². The molecule has 3 amide bonds. The SMILES string of the molecule is CC(C)(C)OC(=O)N(c1c(C(N)=O)c(C#Cc2cc3ncn(C4CC4)c3cc2F)nn1[C@H]1CCN(C(=O)O)C1)C1CCCC1. The largest absolute Gasteiger partial charge is 0.465 e. The van der Waals surface area contributed by atoms with Crippen LogP contribution >= 0.6 is 0 Å². The summed E-state index contributed by atoms with van der Waals surface area (Å²) < 4.78 is 24.5. The second-order valence-corrected chi connectivity index (χ2v) is 12.8. The van der Waals surface area contributed by atoms with Crippen LogP contribution in [0.3, 0.4) is 0 Å². The Morgan fingerprint density at radius 1 is 1.09 bits per heavy atom. The van der Waals surface area contributed by atoms with Gasteiger partial charge < -0.3 is 25.0 Å². The smallest absolute Gasteiger partial charge is 0.416 e. The van der Waals surface area contributed by atoms with Gasteiger partial charge in [-0.2, -0.15) is 5.10 Å². The van der Waals surface area contributed by atoms with Crippen LogP contribution in [0.2, 0.25) is 0 Å². The molecule has 1 aromatic carbocycles. The van der Waals surface area contributed by atoms with Crippen molar-refractivity contribution < 1.29 is 28.6 Å². The Morgan fingerprint density at radius 2 is 1.82 bits per heavy atom. The van der Waals surface area contributed by atoms with Crippen LogP contribution in [0.4, 0.5) is 19.8 Å². The summed E-state index contributed by atoms with van der Waals surface area (Å²) in [5, 5.41) is 14.3. The summed E-state index contributed by atoms with van der Waals surface area (Å²) in [6.07, 6.45) is 5.53. The molecule has 0 unspecified atom stereocenters. The molecule has 2 aliphatic carbocycles. The number of carboxylic acid groups (broad SMARTS) is 1. The van der Waals surface area contributed by atoms with E-state index in [-0.39, 0.29) is 41.8 Å². The second-order valence-electron chi connectivity index (χ2n) is 12.8. The molecule has 0 spiro atoms. The van der Waals surface area contributed by atoms with E-state index in [4.69, 9.17) is 10.5 Å². The number of nitrogens with zero attached hydrogens (tertiary/aromatic N) is 6. The van der Waals surface area contributed by atoms with Gasteiger partial charge in [-0.05, 0) is 64.9 Å². The number of hydrogen-bond acceptors (Lipinski definition) is 6. The van der Waals surface area contributed by atoms with E-state index in [1.54, 1.807) is 33.2 Å². The minimum atomic E-state index is -1.08. The number of carbonyl (C=O) groups excluding carboxylic acids is 2. The monoisotopic (exact) mass is 605 g/mol. The second kappa shape index (κ2) is 11.2. The predicted molar refractivity (Wildman–Crippen MR) is 159 cm³/mol. The highest BCUT2D eigenvalue weighted by Crippen LogP contribution is 2.38. The van der Waals surface area contributed by atoms with Gasteiger partial charge in [-0.25, -0.2) is 23.6 Å². The lowest BCUT2D eigenvalue weighted by Gasteiger charge is -2.33. The van der Waals surface area contributed by atoms with Gasteiger partial charge in [0.2, 0.25) is 0 Å². The molecule has 3 heterocycles. The van der Waals surface area contributed by atoms with Gasteiger partial charge in [0.15, 0.2) is 11.5 Å². The third-order valence-corrected chi connectivity index (χ3v) is 8.34. The molecule has 3 N–H and O–H groups in total. The number of nitrogens with two attached hydrogens (primary N) is 1. The van der Waals surface area contributed by atoms with Crippen molar-refractivity contribution in [3.63, 3.8) is 0 Å². The number of carbonyl (C=O) groups is 3. The maximum Gasteiger partial charge on any atom is 0.416 e. The number of fused-ring (bicyclic) bond motifs is 1. The highest BCUT2D eigenvalue weighted by molar-refractivity contribution is 6.04. The van der Waals surface area contributed by atoms with Crippen LogP contribution in [0.25, 0.3) is 11.0 Å². The first-order valence-corrected chi connectivity index (χ1v) is 15.0. The van der Waals surface area contributed by atoms with Gasteiger partial charge >= 0.3 is 12.2 Å². The third kappa shape index (κ3) is 5.68. The standard InChI is InChI=1S/C31H36FN7O5/c1-31(2,3)44-30(43)38(20-6-4-5-7-20)28-26(27(33)40)23(35-39(28)21-12-13-36(16-21)29(41)42)11-8-18-14-24-25(15-22(18)32)37(17-34-24)19-9-10-19/h14-15,17,19-21H,4-7,9-10,12-13,16H2,1-3H3,(H2,33,40)(H,41,42)/t21-/m0/s1. The van der Waals surface area contributed by atoms with Crippen molar-refractivity contribution in [2.24, 2.45) is 5.73 Å². The number of imidazole rings is 1. The quantitative estimate of drug-likeness (QED) is 0.396. The van der Waals surface area contributed by atoms with Crippen molar-refractivity contribution in [3.05, 3.63) is 41.1 Å². The molecule has 1 saturated heterocycles. The van der Waals surface area contributed by atoms with E-state index in [0.717, 1.165) is 25.7 Å². The van der Waals surface area contributed by atoms with Crippen LogP contribution in [-0.2, 0) is 4.74 Å². The van der Waals surface area contributed by atoms with E-state index in [1.165, 1.54) is 20.5 Å². The van der Waals surface area contributed by atoms with E-state index < -0.39 is 35.6 Å². The number of amides is 3. The Balaban J connectivity index is 1.48. The number of ether oxygens (including phenoxy) is 1. The van der Waals surface area contributed by atoms with Crippen molar-refractivity contribution in [2.75, 3.05) is 18.0 Å². The first kappa shape index (κ1) is 29.5. The number of aromatic nitrogens is 4. The zero-order valence-electron chi connectivity index (χ0n) is 25.0. The Morgan fingerprint density at radius 3 is 2.43 bits per heavy atom. The Hall–Kier alpha value is -4.60. The molecule has 6 rings (SSSR count). The number of benzene rings is 1. The van der Waals surface area contributed by atoms with Gasteiger partial charge in [-0.1, -0.05) is 18.8 Å². The molecular formula is C31H36FN7O5. The molecule has 0 bridgehead atoms. The van der Waals surface area contributed by atoms with Crippen LogP contribution in [0.1, 0.15) is 99.4 Å².